The molecule has 0 aliphatic heterocycles. The minimum atomic E-state index is -0.472. The quantitative estimate of drug-likeness (QED) is 0.737. The van der Waals surface area contributed by atoms with Gasteiger partial charge in [-0.05, 0) is 44.2 Å². The maximum atomic E-state index is 12.5. The van der Waals surface area contributed by atoms with Gasteiger partial charge < -0.3 is 19.5 Å². The first-order chi connectivity index (χ1) is 12.5. The fraction of sp³-hybridized carbons (Fsp3) is 0.200. The van der Waals surface area contributed by atoms with Gasteiger partial charge in [0.2, 0.25) is 0 Å². The lowest BCUT2D eigenvalue weighted by Crippen LogP contribution is -2.31. The van der Waals surface area contributed by atoms with Crippen LogP contribution in [0.4, 0.5) is 0 Å². The molecule has 6 nitrogen and oxygen atoms in total. The van der Waals surface area contributed by atoms with Crippen LogP contribution in [0.15, 0.2) is 57.9 Å². The number of aromatic nitrogens is 1. The van der Waals surface area contributed by atoms with Gasteiger partial charge in [0.25, 0.3) is 11.5 Å². The molecule has 26 heavy (non-hydrogen) atoms. The molecule has 2 heterocycles. The topological polar surface area (TPSA) is 84.3 Å². The van der Waals surface area contributed by atoms with Gasteiger partial charge in [0, 0.05) is 5.56 Å². The van der Waals surface area contributed by atoms with Crippen LogP contribution in [0, 0.1) is 6.92 Å². The van der Waals surface area contributed by atoms with Gasteiger partial charge in [-0.2, -0.15) is 0 Å². The van der Waals surface area contributed by atoms with E-state index in [9.17, 15) is 9.59 Å². The molecule has 0 aliphatic rings. The van der Waals surface area contributed by atoms with Crippen LogP contribution in [0.5, 0.6) is 5.75 Å². The average Bonchev–Trinajstić information content (AvgIpc) is 3.16. The molecule has 1 amide bonds. The third-order valence-corrected chi connectivity index (χ3v) is 4.14. The van der Waals surface area contributed by atoms with E-state index in [0.29, 0.717) is 17.2 Å². The van der Waals surface area contributed by atoms with Crippen molar-refractivity contribution in [3.05, 3.63) is 75.8 Å². The number of benzene rings is 1. The zero-order valence-corrected chi connectivity index (χ0v) is 14.8. The summed E-state index contributed by atoms with van der Waals surface area (Å²) >= 11 is 0. The van der Waals surface area contributed by atoms with Crippen molar-refractivity contribution < 1.29 is 13.9 Å². The van der Waals surface area contributed by atoms with E-state index in [-0.39, 0.29) is 11.6 Å². The second kappa shape index (κ2) is 7.31. The number of furan rings is 1. The number of hydrogen-bond acceptors (Lipinski definition) is 4. The summed E-state index contributed by atoms with van der Waals surface area (Å²) in [7, 11) is 1.58. The number of methoxy groups -OCH3 is 1. The molecule has 0 saturated heterocycles. The zero-order valence-electron chi connectivity index (χ0n) is 14.8. The van der Waals surface area contributed by atoms with Gasteiger partial charge >= 0.3 is 0 Å². The summed E-state index contributed by atoms with van der Waals surface area (Å²) in [5.41, 5.74) is 2.00. The number of nitrogens with one attached hydrogen (secondary N) is 2. The van der Waals surface area contributed by atoms with Crippen LogP contribution in [0.1, 0.15) is 34.5 Å². The number of amides is 1. The maximum absolute atomic E-state index is 12.5. The van der Waals surface area contributed by atoms with Gasteiger partial charge in [-0.1, -0.05) is 17.7 Å². The summed E-state index contributed by atoms with van der Waals surface area (Å²) in [6.07, 6.45) is 1.52. The SMILES string of the molecule is COc1ccc(C)cc1C(C)NC(=O)c1ccc(-c2ccco2)[nH]c1=O. The van der Waals surface area contributed by atoms with Gasteiger partial charge in [-0.25, -0.2) is 0 Å². The van der Waals surface area contributed by atoms with Gasteiger partial charge in [0.1, 0.15) is 17.1 Å². The molecule has 3 rings (SSSR count). The summed E-state index contributed by atoms with van der Waals surface area (Å²) in [6.45, 7) is 3.82. The predicted octanol–water partition coefficient (Wildman–Crippen LogP) is 3.44. The Hall–Kier alpha value is -3.28. The van der Waals surface area contributed by atoms with E-state index in [1.807, 2.05) is 32.0 Å². The Morgan fingerprint density at radius 2 is 2.04 bits per heavy atom. The Morgan fingerprint density at radius 1 is 1.23 bits per heavy atom. The third-order valence-electron chi connectivity index (χ3n) is 4.14. The number of carbonyl (C=O) groups excluding carboxylic acids is 1. The lowest BCUT2D eigenvalue weighted by Gasteiger charge is -2.18. The second-order valence-electron chi connectivity index (χ2n) is 6.03. The van der Waals surface area contributed by atoms with Crippen molar-refractivity contribution in [1.29, 1.82) is 0 Å². The molecule has 1 atom stereocenters. The molecule has 3 aromatic rings. The van der Waals surface area contributed by atoms with Crippen LogP contribution >= 0.6 is 0 Å². The van der Waals surface area contributed by atoms with Gasteiger partial charge in [-0.3, -0.25) is 9.59 Å². The first kappa shape index (κ1) is 17.5. The highest BCUT2D eigenvalue weighted by Gasteiger charge is 2.18. The molecule has 134 valence electrons. The fourth-order valence-electron chi connectivity index (χ4n) is 2.77. The monoisotopic (exact) mass is 352 g/mol. The molecule has 2 aromatic heterocycles. The highest BCUT2D eigenvalue weighted by atomic mass is 16.5. The van der Waals surface area contributed by atoms with Crippen LogP contribution in [-0.2, 0) is 0 Å². The Bertz CT molecular complexity index is 974. The molecular formula is C20H20N2O4. The predicted molar refractivity (Wildman–Crippen MR) is 98.4 cm³/mol. The van der Waals surface area contributed by atoms with Crippen molar-refractivity contribution >= 4 is 5.91 Å². The second-order valence-corrected chi connectivity index (χ2v) is 6.03. The normalized spacial score (nSPS) is 11.8. The highest BCUT2D eigenvalue weighted by Crippen LogP contribution is 2.26. The summed E-state index contributed by atoms with van der Waals surface area (Å²) < 4.78 is 10.6. The first-order valence-corrected chi connectivity index (χ1v) is 8.22. The van der Waals surface area contributed by atoms with Crippen LogP contribution in [0.3, 0.4) is 0 Å². The molecular weight excluding hydrogens is 332 g/mol. The zero-order chi connectivity index (χ0) is 18.7. The van der Waals surface area contributed by atoms with Crippen molar-refractivity contribution in [1.82, 2.24) is 10.3 Å². The fourth-order valence-corrected chi connectivity index (χ4v) is 2.77. The Kier molecular flexibility index (Phi) is 4.93. The number of rotatable bonds is 5. The van der Waals surface area contributed by atoms with Crippen molar-refractivity contribution in [2.24, 2.45) is 0 Å². The van der Waals surface area contributed by atoms with E-state index in [4.69, 9.17) is 9.15 Å². The number of aryl methyl sites for hydroxylation is 1. The summed E-state index contributed by atoms with van der Waals surface area (Å²) in [6, 6.07) is 12.0. The average molecular weight is 352 g/mol. The van der Waals surface area contributed by atoms with E-state index < -0.39 is 11.5 Å². The van der Waals surface area contributed by atoms with Gasteiger partial charge in [-0.15, -0.1) is 0 Å². The number of carbonyl (C=O) groups is 1. The standard InChI is InChI=1S/C20H20N2O4/c1-12-6-9-17(25-3)15(11-12)13(2)21-19(23)14-7-8-16(22-20(14)24)18-5-4-10-26-18/h4-11,13H,1-3H3,(H,21,23)(H,22,24). The molecule has 0 spiro atoms. The summed E-state index contributed by atoms with van der Waals surface area (Å²) in [4.78, 5) is 27.5. The van der Waals surface area contributed by atoms with E-state index in [0.717, 1.165) is 11.1 Å². The molecule has 6 heteroatoms. The smallest absolute Gasteiger partial charge is 0.261 e. The molecule has 0 aliphatic carbocycles. The molecule has 1 unspecified atom stereocenters. The lowest BCUT2D eigenvalue weighted by molar-refractivity contribution is 0.0938. The summed E-state index contributed by atoms with van der Waals surface area (Å²) in [5, 5.41) is 2.85. The van der Waals surface area contributed by atoms with Gasteiger partial charge in [0.05, 0.1) is 25.1 Å². The van der Waals surface area contributed by atoms with E-state index in [2.05, 4.69) is 10.3 Å². The number of H-pyrrole nitrogens is 1. The van der Waals surface area contributed by atoms with E-state index >= 15 is 0 Å². The van der Waals surface area contributed by atoms with E-state index in [1.165, 1.54) is 12.3 Å². The van der Waals surface area contributed by atoms with E-state index in [1.54, 1.807) is 25.3 Å². The van der Waals surface area contributed by atoms with Crippen LogP contribution in [-0.4, -0.2) is 18.0 Å². The number of ether oxygens (including phenoxy) is 1. The van der Waals surface area contributed by atoms with Crippen molar-refractivity contribution in [2.75, 3.05) is 7.11 Å². The van der Waals surface area contributed by atoms with Crippen LogP contribution < -0.4 is 15.6 Å². The van der Waals surface area contributed by atoms with Crippen LogP contribution in [0.25, 0.3) is 11.5 Å². The minimum absolute atomic E-state index is 0.0405. The number of hydrogen-bond donors (Lipinski definition) is 2. The molecule has 0 fully saturated rings. The molecule has 0 radical (unpaired) electrons. The summed E-state index contributed by atoms with van der Waals surface area (Å²) in [5.74, 6) is 0.769. The van der Waals surface area contributed by atoms with Crippen molar-refractivity contribution in [3.8, 4) is 17.2 Å². The van der Waals surface area contributed by atoms with Crippen molar-refractivity contribution in [3.63, 3.8) is 0 Å². The highest BCUT2D eigenvalue weighted by molar-refractivity contribution is 5.94. The third kappa shape index (κ3) is 3.54. The Labute approximate surface area is 150 Å². The lowest BCUT2D eigenvalue weighted by atomic mass is 10.0. The van der Waals surface area contributed by atoms with Crippen LogP contribution in [0.2, 0.25) is 0 Å². The largest absolute Gasteiger partial charge is 0.496 e. The number of aromatic amines is 1. The first-order valence-electron chi connectivity index (χ1n) is 8.22. The van der Waals surface area contributed by atoms with Gasteiger partial charge in [0.15, 0.2) is 0 Å². The number of pyridine rings is 1. The maximum Gasteiger partial charge on any atom is 0.261 e. The minimum Gasteiger partial charge on any atom is -0.496 e. The molecule has 0 saturated carbocycles. The molecule has 1 aromatic carbocycles. The molecule has 0 bridgehead atoms. The Balaban J connectivity index is 1.82. The van der Waals surface area contributed by atoms with Crippen molar-refractivity contribution in [2.45, 2.75) is 19.9 Å². The Morgan fingerprint density at radius 3 is 2.69 bits per heavy atom. The molecule has 2 N–H and O–H groups in total.